The van der Waals surface area contributed by atoms with Gasteiger partial charge in [0.1, 0.15) is 0 Å². The topological polar surface area (TPSA) is 12.0 Å². The average Bonchev–Trinajstić information content (AvgIpc) is 3.05. The number of aryl methyl sites for hydroxylation is 1. The van der Waals surface area contributed by atoms with Crippen molar-refractivity contribution in [1.82, 2.24) is 5.32 Å². The van der Waals surface area contributed by atoms with Gasteiger partial charge in [-0.2, -0.15) is 0 Å². The van der Waals surface area contributed by atoms with Crippen molar-refractivity contribution in [1.29, 1.82) is 0 Å². The van der Waals surface area contributed by atoms with E-state index in [0.29, 0.717) is 6.04 Å². The lowest BCUT2D eigenvalue weighted by Crippen LogP contribution is -2.17. The molecule has 0 amide bonds. The number of benzene rings is 1. The predicted octanol–water partition coefficient (Wildman–Crippen LogP) is 4.10. The van der Waals surface area contributed by atoms with Crippen LogP contribution in [0.3, 0.4) is 0 Å². The van der Waals surface area contributed by atoms with Crippen molar-refractivity contribution in [2.45, 2.75) is 38.6 Å². The Morgan fingerprint density at radius 3 is 2.75 bits per heavy atom. The number of hydrogen-bond acceptors (Lipinski definition) is 1. The third-order valence-electron chi connectivity index (χ3n) is 3.44. The molecule has 1 aromatic carbocycles. The van der Waals surface area contributed by atoms with Gasteiger partial charge in [-0.1, -0.05) is 36.6 Å². The molecule has 0 radical (unpaired) electrons. The summed E-state index contributed by atoms with van der Waals surface area (Å²) in [5.74, 6) is 0.986. The number of nitrogens with one attached hydrogen (secondary N) is 1. The molecule has 88 valence electrons. The SMILES string of the molecule is CNC(CCC1CC1)c1ccc(C)cc1Cl. The standard InChI is InChI=1S/C14H20ClN/c1-10-3-7-12(13(15)9-10)14(16-2)8-6-11-4-5-11/h3,7,9,11,14,16H,4-6,8H2,1-2H3. The van der Waals surface area contributed by atoms with Crippen LogP contribution >= 0.6 is 11.6 Å². The van der Waals surface area contributed by atoms with Crippen LogP contribution in [0, 0.1) is 12.8 Å². The Balaban J connectivity index is 2.05. The molecule has 0 aliphatic heterocycles. The zero-order chi connectivity index (χ0) is 11.5. The van der Waals surface area contributed by atoms with E-state index in [0.717, 1.165) is 10.9 Å². The maximum atomic E-state index is 6.29. The van der Waals surface area contributed by atoms with Gasteiger partial charge in [-0.25, -0.2) is 0 Å². The van der Waals surface area contributed by atoms with Crippen molar-refractivity contribution < 1.29 is 0 Å². The molecule has 1 aliphatic carbocycles. The van der Waals surface area contributed by atoms with Gasteiger partial charge < -0.3 is 5.32 Å². The zero-order valence-corrected chi connectivity index (χ0v) is 10.8. The molecule has 1 N–H and O–H groups in total. The second-order valence-electron chi connectivity index (χ2n) is 4.89. The maximum Gasteiger partial charge on any atom is 0.0456 e. The Hall–Kier alpha value is -0.530. The van der Waals surface area contributed by atoms with Gasteiger partial charge in [0, 0.05) is 11.1 Å². The molecule has 0 saturated heterocycles. The first-order valence-electron chi connectivity index (χ1n) is 6.14. The summed E-state index contributed by atoms with van der Waals surface area (Å²) in [6.07, 6.45) is 5.38. The molecule has 0 bridgehead atoms. The van der Waals surface area contributed by atoms with Gasteiger partial charge in [-0.15, -0.1) is 0 Å². The van der Waals surface area contributed by atoms with Gasteiger partial charge >= 0.3 is 0 Å². The molecule has 16 heavy (non-hydrogen) atoms. The Morgan fingerprint density at radius 2 is 2.19 bits per heavy atom. The van der Waals surface area contributed by atoms with E-state index < -0.39 is 0 Å². The van der Waals surface area contributed by atoms with Crippen molar-refractivity contribution in [2.75, 3.05) is 7.05 Å². The molecule has 2 heteroatoms. The van der Waals surface area contributed by atoms with Crippen LogP contribution in [0.2, 0.25) is 5.02 Å². The highest BCUT2D eigenvalue weighted by atomic mass is 35.5. The normalized spacial score (nSPS) is 17.4. The highest BCUT2D eigenvalue weighted by molar-refractivity contribution is 6.31. The highest BCUT2D eigenvalue weighted by Gasteiger charge is 2.23. The van der Waals surface area contributed by atoms with Crippen LogP contribution in [0.5, 0.6) is 0 Å². The molecule has 1 aliphatic rings. The molecule has 0 heterocycles. The summed E-state index contributed by atoms with van der Waals surface area (Å²) in [6.45, 7) is 2.08. The molecule has 1 unspecified atom stereocenters. The molecule has 1 aromatic rings. The van der Waals surface area contributed by atoms with Crippen LogP contribution < -0.4 is 5.32 Å². The molecule has 1 atom stereocenters. The number of halogens is 1. The summed E-state index contributed by atoms with van der Waals surface area (Å²) in [6, 6.07) is 6.76. The monoisotopic (exact) mass is 237 g/mol. The Labute approximate surface area is 103 Å². The summed E-state index contributed by atoms with van der Waals surface area (Å²) >= 11 is 6.29. The van der Waals surface area contributed by atoms with Crippen LogP contribution in [0.4, 0.5) is 0 Å². The Kier molecular flexibility index (Phi) is 3.88. The van der Waals surface area contributed by atoms with Gasteiger partial charge in [-0.05, 0) is 49.9 Å². The molecule has 0 spiro atoms. The van der Waals surface area contributed by atoms with E-state index >= 15 is 0 Å². The fraction of sp³-hybridized carbons (Fsp3) is 0.571. The lowest BCUT2D eigenvalue weighted by atomic mass is 9.99. The minimum atomic E-state index is 0.411. The van der Waals surface area contributed by atoms with E-state index in [9.17, 15) is 0 Å². The van der Waals surface area contributed by atoms with Gasteiger partial charge in [0.15, 0.2) is 0 Å². The average molecular weight is 238 g/mol. The summed E-state index contributed by atoms with van der Waals surface area (Å²) < 4.78 is 0. The summed E-state index contributed by atoms with van der Waals surface area (Å²) in [5, 5.41) is 4.28. The van der Waals surface area contributed by atoms with E-state index in [-0.39, 0.29) is 0 Å². The minimum absolute atomic E-state index is 0.411. The molecular weight excluding hydrogens is 218 g/mol. The smallest absolute Gasteiger partial charge is 0.0456 e. The lowest BCUT2D eigenvalue weighted by Gasteiger charge is -2.18. The van der Waals surface area contributed by atoms with E-state index in [1.807, 2.05) is 7.05 Å². The van der Waals surface area contributed by atoms with Gasteiger partial charge in [-0.3, -0.25) is 0 Å². The summed E-state index contributed by atoms with van der Waals surface area (Å²) in [4.78, 5) is 0. The highest BCUT2D eigenvalue weighted by Crippen LogP contribution is 2.36. The van der Waals surface area contributed by atoms with E-state index in [2.05, 4.69) is 30.4 Å². The molecule has 1 fully saturated rings. The molecule has 1 nitrogen and oxygen atoms in total. The number of hydrogen-bond donors (Lipinski definition) is 1. The van der Waals surface area contributed by atoms with Crippen LogP contribution in [0.1, 0.15) is 42.9 Å². The first kappa shape index (κ1) is 11.9. The second kappa shape index (κ2) is 5.20. The second-order valence-corrected chi connectivity index (χ2v) is 5.29. The van der Waals surface area contributed by atoms with E-state index in [1.165, 1.54) is 36.8 Å². The summed E-state index contributed by atoms with van der Waals surface area (Å²) in [7, 11) is 2.02. The van der Waals surface area contributed by atoms with Crippen LogP contribution in [-0.4, -0.2) is 7.05 Å². The van der Waals surface area contributed by atoms with Crippen molar-refractivity contribution in [2.24, 2.45) is 5.92 Å². The third-order valence-corrected chi connectivity index (χ3v) is 3.77. The van der Waals surface area contributed by atoms with Gasteiger partial charge in [0.05, 0.1) is 0 Å². The van der Waals surface area contributed by atoms with Crippen LogP contribution in [0.25, 0.3) is 0 Å². The Morgan fingerprint density at radius 1 is 1.44 bits per heavy atom. The van der Waals surface area contributed by atoms with Gasteiger partial charge in [0.25, 0.3) is 0 Å². The quantitative estimate of drug-likeness (QED) is 0.813. The molecular formula is C14H20ClN. The summed E-state index contributed by atoms with van der Waals surface area (Å²) in [5.41, 5.74) is 2.47. The maximum absolute atomic E-state index is 6.29. The number of rotatable bonds is 5. The first-order valence-corrected chi connectivity index (χ1v) is 6.52. The van der Waals surface area contributed by atoms with Crippen molar-refractivity contribution in [3.63, 3.8) is 0 Å². The molecule has 2 rings (SSSR count). The van der Waals surface area contributed by atoms with Crippen LogP contribution in [0.15, 0.2) is 18.2 Å². The Bertz CT molecular complexity index is 358. The van der Waals surface area contributed by atoms with Crippen molar-refractivity contribution >= 4 is 11.6 Å². The first-order chi connectivity index (χ1) is 7.70. The lowest BCUT2D eigenvalue weighted by molar-refractivity contribution is 0.506. The predicted molar refractivity (Wildman–Crippen MR) is 69.9 cm³/mol. The third kappa shape index (κ3) is 2.99. The fourth-order valence-electron chi connectivity index (χ4n) is 2.18. The van der Waals surface area contributed by atoms with E-state index in [4.69, 9.17) is 11.6 Å². The molecule has 0 aromatic heterocycles. The largest absolute Gasteiger partial charge is 0.313 e. The van der Waals surface area contributed by atoms with Crippen LogP contribution in [-0.2, 0) is 0 Å². The van der Waals surface area contributed by atoms with Gasteiger partial charge in [0.2, 0.25) is 0 Å². The zero-order valence-electron chi connectivity index (χ0n) is 10.1. The van der Waals surface area contributed by atoms with E-state index in [1.54, 1.807) is 0 Å². The van der Waals surface area contributed by atoms with Crippen molar-refractivity contribution in [3.05, 3.63) is 34.3 Å². The van der Waals surface area contributed by atoms with Crippen molar-refractivity contribution in [3.8, 4) is 0 Å². The molecule has 1 saturated carbocycles. The fourth-order valence-corrected chi connectivity index (χ4v) is 2.55. The minimum Gasteiger partial charge on any atom is -0.313 e.